The number of hydrogen-bond acceptors (Lipinski definition) is 6. The minimum absolute atomic E-state index is 0.671. The van der Waals surface area contributed by atoms with E-state index >= 15 is 0 Å². The zero-order valence-corrected chi connectivity index (χ0v) is 17.4. The van der Waals surface area contributed by atoms with Crippen LogP contribution in [0.25, 0.3) is 21.3 Å². The third-order valence-electron chi connectivity index (χ3n) is 3.78. The molecular weight excluding hydrogens is 416 g/mol. The van der Waals surface area contributed by atoms with Gasteiger partial charge in [0.05, 0.1) is 15.6 Å². The molecule has 3 heterocycles. The second kappa shape index (κ2) is 8.39. The van der Waals surface area contributed by atoms with Crippen molar-refractivity contribution in [1.29, 1.82) is 0 Å². The van der Waals surface area contributed by atoms with E-state index in [2.05, 4.69) is 32.8 Å². The highest BCUT2D eigenvalue weighted by Gasteiger charge is 2.15. The average molecular weight is 431 g/mol. The van der Waals surface area contributed by atoms with Crippen LogP contribution < -0.4 is 0 Å². The van der Waals surface area contributed by atoms with E-state index in [1.54, 1.807) is 34.4 Å². The number of thioether (sulfide) groups is 1. The van der Waals surface area contributed by atoms with Crippen LogP contribution in [-0.2, 0) is 12.3 Å². The highest BCUT2D eigenvalue weighted by atomic mass is 35.5. The molecule has 0 fully saturated rings. The summed E-state index contributed by atoms with van der Waals surface area (Å²) in [6.07, 6.45) is 1.86. The average Bonchev–Trinajstić information content (AvgIpc) is 3.42. The van der Waals surface area contributed by atoms with E-state index in [4.69, 9.17) is 16.6 Å². The molecule has 0 spiro atoms. The van der Waals surface area contributed by atoms with Gasteiger partial charge in [-0.05, 0) is 17.5 Å². The van der Waals surface area contributed by atoms with Gasteiger partial charge < -0.3 is 0 Å². The molecule has 0 N–H and O–H groups in total. The number of benzene rings is 1. The maximum absolute atomic E-state index is 6.28. The number of hydrogen-bond donors (Lipinski definition) is 0. The maximum Gasteiger partial charge on any atom is 0.192 e. The van der Waals surface area contributed by atoms with Crippen LogP contribution in [-0.4, -0.2) is 19.7 Å². The van der Waals surface area contributed by atoms with Crippen LogP contribution in [0.4, 0.5) is 0 Å². The second-order valence-corrected chi connectivity index (χ2v) is 8.75. The van der Waals surface area contributed by atoms with Crippen molar-refractivity contribution in [1.82, 2.24) is 19.7 Å². The van der Waals surface area contributed by atoms with Crippen molar-refractivity contribution >= 4 is 46.0 Å². The number of nitrogens with zero attached hydrogens (tertiary/aromatic N) is 4. The number of thiazole rings is 1. The third-order valence-corrected chi connectivity index (χ3v) is 6.90. The quantitative estimate of drug-likeness (QED) is 0.256. The lowest BCUT2D eigenvalue weighted by atomic mass is 10.2. The molecule has 0 atom stereocenters. The molecular formula is C19H15ClN4S3. The smallest absolute Gasteiger partial charge is 0.192 e. The second-order valence-electron chi connectivity index (χ2n) is 5.60. The Labute approximate surface area is 174 Å². The van der Waals surface area contributed by atoms with Crippen LogP contribution in [0.1, 0.15) is 5.69 Å². The summed E-state index contributed by atoms with van der Waals surface area (Å²) in [4.78, 5) is 5.83. The van der Waals surface area contributed by atoms with Gasteiger partial charge in [-0.3, -0.25) is 4.57 Å². The van der Waals surface area contributed by atoms with E-state index in [0.29, 0.717) is 6.54 Å². The van der Waals surface area contributed by atoms with E-state index in [0.717, 1.165) is 42.9 Å². The lowest BCUT2D eigenvalue weighted by Gasteiger charge is -2.05. The first-order chi connectivity index (χ1) is 13.3. The molecule has 1 aromatic carbocycles. The van der Waals surface area contributed by atoms with Crippen LogP contribution in [0.15, 0.2) is 65.0 Å². The molecule has 0 aliphatic heterocycles. The summed E-state index contributed by atoms with van der Waals surface area (Å²) in [7, 11) is 0. The molecule has 0 bridgehead atoms. The Kier molecular flexibility index (Phi) is 5.73. The van der Waals surface area contributed by atoms with E-state index in [1.165, 1.54) is 0 Å². The third kappa shape index (κ3) is 4.01. The normalized spacial score (nSPS) is 11.0. The Bertz CT molecular complexity index is 1050. The van der Waals surface area contributed by atoms with Gasteiger partial charge in [0.2, 0.25) is 0 Å². The van der Waals surface area contributed by atoms with E-state index < -0.39 is 0 Å². The fraction of sp³-hybridized carbons (Fsp3) is 0.105. The van der Waals surface area contributed by atoms with Crippen molar-refractivity contribution in [3.63, 3.8) is 0 Å². The molecule has 4 nitrogen and oxygen atoms in total. The number of halogens is 1. The predicted molar refractivity (Wildman–Crippen MR) is 116 cm³/mol. The summed E-state index contributed by atoms with van der Waals surface area (Å²) in [5.41, 5.74) is 1.97. The monoisotopic (exact) mass is 430 g/mol. The number of thiophene rings is 1. The molecule has 4 aromatic rings. The van der Waals surface area contributed by atoms with E-state index in [1.807, 2.05) is 41.8 Å². The van der Waals surface area contributed by atoms with E-state index in [9.17, 15) is 0 Å². The molecule has 0 unspecified atom stereocenters. The SMILES string of the molecule is C=CCn1c(SCc2csc(-c3ccccc3Cl)n2)nnc1-c1cccs1. The van der Waals surface area contributed by atoms with Crippen LogP contribution in [0, 0.1) is 0 Å². The molecule has 0 aliphatic rings. The van der Waals surface area contributed by atoms with Crippen molar-refractivity contribution in [2.45, 2.75) is 17.5 Å². The first-order valence-corrected chi connectivity index (χ1v) is 11.3. The topological polar surface area (TPSA) is 43.6 Å². The maximum atomic E-state index is 6.28. The first-order valence-electron chi connectivity index (χ1n) is 8.16. The summed E-state index contributed by atoms with van der Waals surface area (Å²) in [6, 6.07) is 11.8. The fourth-order valence-corrected chi connectivity index (χ4v) is 5.35. The van der Waals surface area contributed by atoms with Crippen LogP contribution in [0.3, 0.4) is 0 Å². The summed E-state index contributed by atoms with van der Waals surface area (Å²) < 4.78 is 2.09. The van der Waals surface area contributed by atoms with Crippen molar-refractivity contribution in [3.8, 4) is 21.3 Å². The molecule has 136 valence electrons. The van der Waals surface area contributed by atoms with Gasteiger partial charge in [0.25, 0.3) is 0 Å². The van der Waals surface area contributed by atoms with Crippen molar-refractivity contribution in [2.24, 2.45) is 0 Å². The van der Waals surface area contributed by atoms with Gasteiger partial charge in [-0.25, -0.2) is 4.98 Å². The minimum atomic E-state index is 0.671. The summed E-state index contributed by atoms with van der Waals surface area (Å²) in [5, 5.41) is 15.4. The Balaban J connectivity index is 1.53. The van der Waals surface area contributed by atoms with Gasteiger partial charge >= 0.3 is 0 Å². The zero-order valence-electron chi connectivity index (χ0n) is 14.2. The molecule has 0 amide bonds. The van der Waals surface area contributed by atoms with Gasteiger partial charge in [0.1, 0.15) is 5.01 Å². The summed E-state index contributed by atoms with van der Waals surface area (Å²) in [6.45, 7) is 4.53. The van der Waals surface area contributed by atoms with Gasteiger partial charge in [-0.15, -0.1) is 39.4 Å². The molecule has 0 saturated heterocycles. The van der Waals surface area contributed by atoms with Crippen molar-refractivity contribution < 1.29 is 0 Å². The molecule has 8 heteroatoms. The largest absolute Gasteiger partial charge is 0.297 e. The van der Waals surface area contributed by atoms with Crippen LogP contribution >= 0.6 is 46.0 Å². The highest BCUT2D eigenvalue weighted by molar-refractivity contribution is 7.98. The Morgan fingerprint density at radius 2 is 2.04 bits per heavy atom. The van der Waals surface area contributed by atoms with Gasteiger partial charge in [-0.1, -0.05) is 53.7 Å². The minimum Gasteiger partial charge on any atom is -0.297 e. The number of allylic oxidation sites excluding steroid dienone is 1. The molecule has 0 radical (unpaired) electrons. The lowest BCUT2D eigenvalue weighted by Crippen LogP contribution is -2.00. The fourth-order valence-electron chi connectivity index (χ4n) is 2.55. The summed E-state index contributed by atoms with van der Waals surface area (Å²) in [5.74, 6) is 1.60. The molecule has 27 heavy (non-hydrogen) atoms. The number of aromatic nitrogens is 4. The lowest BCUT2D eigenvalue weighted by molar-refractivity contribution is 0.732. The molecule has 3 aromatic heterocycles. The van der Waals surface area contributed by atoms with Gasteiger partial charge in [-0.2, -0.15) is 0 Å². The van der Waals surface area contributed by atoms with Gasteiger partial charge in [0.15, 0.2) is 11.0 Å². The first kappa shape index (κ1) is 18.4. The van der Waals surface area contributed by atoms with E-state index in [-0.39, 0.29) is 0 Å². The highest BCUT2D eigenvalue weighted by Crippen LogP contribution is 2.33. The molecule has 0 saturated carbocycles. The zero-order chi connectivity index (χ0) is 18.6. The Morgan fingerprint density at radius 3 is 2.81 bits per heavy atom. The van der Waals surface area contributed by atoms with Crippen molar-refractivity contribution in [2.75, 3.05) is 0 Å². The molecule has 0 aliphatic carbocycles. The summed E-state index contributed by atoms with van der Waals surface area (Å²) >= 11 is 11.2. The Hall–Kier alpha value is -1.93. The number of rotatable bonds is 7. The predicted octanol–water partition coefficient (Wildman–Crippen LogP) is 6.26. The van der Waals surface area contributed by atoms with Crippen LogP contribution in [0.2, 0.25) is 5.02 Å². The Morgan fingerprint density at radius 1 is 1.15 bits per heavy atom. The van der Waals surface area contributed by atoms with Crippen molar-refractivity contribution in [3.05, 3.63) is 70.5 Å². The standard InChI is InChI=1S/C19H15ClN4S3/c1-2-9-24-17(16-8-5-10-25-16)22-23-19(24)27-12-13-11-26-18(21-13)14-6-3-4-7-15(14)20/h2-8,10-11H,1,9,12H2. The van der Waals surface area contributed by atoms with Crippen LogP contribution in [0.5, 0.6) is 0 Å². The van der Waals surface area contributed by atoms with Gasteiger partial charge in [0, 0.05) is 23.2 Å². The molecule has 4 rings (SSSR count).